The molecule has 0 radical (unpaired) electrons. The molecule has 2 atom stereocenters. The summed E-state index contributed by atoms with van der Waals surface area (Å²) in [6, 6.07) is 16.8. The summed E-state index contributed by atoms with van der Waals surface area (Å²) in [6.45, 7) is 4.23. The molecule has 1 fully saturated rings. The molecule has 2 unspecified atom stereocenters. The van der Waals surface area contributed by atoms with Crippen molar-refractivity contribution in [2.45, 2.75) is 38.8 Å². The number of pyridine rings is 1. The third-order valence-corrected chi connectivity index (χ3v) is 8.08. The normalized spacial score (nSPS) is 22.0. The number of aromatic hydroxyl groups is 1. The second-order valence-corrected chi connectivity index (χ2v) is 9.93. The highest BCUT2D eigenvalue weighted by Gasteiger charge is 2.36. The van der Waals surface area contributed by atoms with Crippen molar-refractivity contribution >= 4 is 32.7 Å². The Kier molecular flexibility index (Phi) is 4.36. The molecule has 0 aliphatic carbocycles. The van der Waals surface area contributed by atoms with E-state index in [1.165, 1.54) is 27.7 Å². The van der Waals surface area contributed by atoms with Crippen LogP contribution in [0.2, 0.25) is 0 Å². The number of rotatable bonds is 2. The van der Waals surface area contributed by atoms with Gasteiger partial charge in [0.1, 0.15) is 5.75 Å². The van der Waals surface area contributed by atoms with E-state index < -0.39 is 0 Å². The maximum Gasteiger partial charge on any atom is 0.116 e. The fourth-order valence-corrected chi connectivity index (χ4v) is 6.37. The summed E-state index contributed by atoms with van der Waals surface area (Å²) in [5, 5.41) is 13.6. The van der Waals surface area contributed by atoms with E-state index in [1.54, 1.807) is 6.07 Å². The number of phenolic OH excluding ortho intramolecular Hbond substituents is 1. The van der Waals surface area contributed by atoms with Crippen LogP contribution in [0.3, 0.4) is 0 Å². The lowest BCUT2D eigenvalue weighted by Crippen LogP contribution is -2.47. The number of fused-ring (bicyclic) bond motifs is 7. The molecule has 2 aliphatic heterocycles. The van der Waals surface area contributed by atoms with Gasteiger partial charge in [-0.25, -0.2) is 0 Å². The van der Waals surface area contributed by atoms with Gasteiger partial charge in [-0.15, -0.1) is 0 Å². The average Bonchev–Trinajstić information content (AvgIpc) is 3.40. The maximum atomic E-state index is 9.99. The van der Waals surface area contributed by atoms with Crippen molar-refractivity contribution in [3.8, 4) is 5.75 Å². The molecule has 1 saturated heterocycles. The van der Waals surface area contributed by atoms with Gasteiger partial charge >= 0.3 is 0 Å². The highest BCUT2D eigenvalue weighted by molar-refractivity contribution is 6.08. The molecule has 2 aromatic carbocycles. The first kappa shape index (κ1) is 19.9. The van der Waals surface area contributed by atoms with Gasteiger partial charge in [0.25, 0.3) is 0 Å². The molecule has 0 saturated carbocycles. The number of H-pyrrole nitrogens is 2. The maximum absolute atomic E-state index is 9.99. The van der Waals surface area contributed by atoms with E-state index >= 15 is 0 Å². The van der Waals surface area contributed by atoms with Crippen molar-refractivity contribution in [3.63, 3.8) is 0 Å². The molecule has 2 aliphatic rings. The second-order valence-electron chi connectivity index (χ2n) is 9.93. The zero-order valence-electron chi connectivity index (χ0n) is 19.3. The van der Waals surface area contributed by atoms with Crippen LogP contribution in [-0.4, -0.2) is 37.5 Å². The molecule has 5 heterocycles. The van der Waals surface area contributed by atoms with Gasteiger partial charge in [-0.2, -0.15) is 0 Å². The molecule has 5 nitrogen and oxygen atoms in total. The third-order valence-electron chi connectivity index (χ3n) is 8.08. The van der Waals surface area contributed by atoms with Gasteiger partial charge in [-0.3, -0.25) is 9.88 Å². The minimum atomic E-state index is 0.295. The summed E-state index contributed by atoms with van der Waals surface area (Å²) in [4.78, 5) is 14.8. The Balaban J connectivity index is 1.22. The van der Waals surface area contributed by atoms with E-state index in [4.69, 9.17) is 4.98 Å². The van der Waals surface area contributed by atoms with E-state index in [-0.39, 0.29) is 0 Å². The van der Waals surface area contributed by atoms with E-state index in [9.17, 15) is 5.11 Å². The summed E-state index contributed by atoms with van der Waals surface area (Å²) in [7, 11) is 0. The van der Waals surface area contributed by atoms with Crippen molar-refractivity contribution in [2.24, 2.45) is 5.92 Å². The third kappa shape index (κ3) is 3.00. The predicted molar refractivity (Wildman–Crippen MR) is 137 cm³/mol. The molecule has 3 aromatic heterocycles. The van der Waals surface area contributed by atoms with Crippen LogP contribution < -0.4 is 0 Å². The second kappa shape index (κ2) is 7.47. The lowest BCUT2D eigenvalue weighted by atomic mass is 9.79. The van der Waals surface area contributed by atoms with Crippen molar-refractivity contribution in [2.75, 3.05) is 6.54 Å². The molecule has 5 aromatic rings. The topological polar surface area (TPSA) is 67.9 Å². The standard InChI is InChI=1S/C29H28N4O/c1-2-17-15-33-16-24-21-5-3-4-6-25(21)31-27(24)13-19(33)11-18(17)12-28-29-22(9-10-30-28)23-14-20(34)7-8-26(23)32-29/h2-10,14,18-19,31-32,34H,11-13,15-16H2,1H3. The van der Waals surface area contributed by atoms with Crippen LogP contribution >= 0.6 is 0 Å². The molecule has 7 rings (SSSR count). The first-order valence-electron chi connectivity index (χ1n) is 12.2. The highest BCUT2D eigenvalue weighted by Crippen LogP contribution is 2.39. The van der Waals surface area contributed by atoms with Crippen molar-refractivity contribution in [3.05, 3.63) is 83.3 Å². The van der Waals surface area contributed by atoms with Gasteiger partial charge < -0.3 is 15.1 Å². The number of aromatic amines is 2. The number of nitrogens with zero attached hydrogens (tertiary/aromatic N) is 2. The molecule has 0 bridgehead atoms. The van der Waals surface area contributed by atoms with Gasteiger partial charge in [-0.1, -0.05) is 29.8 Å². The number of hydrogen-bond acceptors (Lipinski definition) is 3. The van der Waals surface area contributed by atoms with Crippen LogP contribution in [0.1, 0.15) is 30.3 Å². The molecule has 0 amide bonds. The van der Waals surface area contributed by atoms with Gasteiger partial charge in [0.15, 0.2) is 0 Å². The van der Waals surface area contributed by atoms with Crippen LogP contribution in [0.15, 0.2) is 66.4 Å². The monoisotopic (exact) mass is 448 g/mol. The van der Waals surface area contributed by atoms with E-state index in [0.29, 0.717) is 17.7 Å². The molecule has 34 heavy (non-hydrogen) atoms. The Bertz CT molecular complexity index is 1590. The number of piperidine rings is 1. The van der Waals surface area contributed by atoms with Gasteiger partial charge in [0.05, 0.1) is 11.2 Å². The van der Waals surface area contributed by atoms with E-state index in [1.807, 2.05) is 18.3 Å². The summed E-state index contributed by atoms with van der Waals surface area (Å²) in [5.41, 5.74) is 8.94. The van der Waals surface area contributed by atoms with Gasteiger partial charge in [0, 0.05) is 64.6 Å². The lowest BCUT2D eigenvalue weighted by molar-refractivity contribution is 0.129. The van der Waals surface area contributed by atoms with Crippen molar-refractivity contribution in [1.29, 1.82) is 0 Å². The Morgan fingerprint density at radius 3 is 2.82 bits per heavy atom. The summed E-state index contributed by atoms with van der Waals surface area (Å²) in [6.07, 6.45) is 7.40. The van der Waals surface area contributed by atoms with Gasteiger partial charge in [-0.05, 0) is 61.6 Å². The van der Waals surface area contributed by atoms with Crippen LogP contribution in [-0.2, 0) is 19.4 Å². The average molecular weight is 449 g/mol. The molecule has 170 valence electrons. The number of allylic oxidation sites excluding steroid dienone is 1. The van der Waals surface area contributed by atoms with Gasteiger partial charge in [0.2, 0.25) is 0 Å². The molecular formula is C29H28N4O. The van der Waals surface area contributed by atoms with E-state index in [0.717, 1.165) is 59.9 Å². The lowest BCUT2D eigenvalue weighted by Gasteiger charge is -2.44. The number of benzene rings is 2. The van der Waals surface area contributed by atoms with E-state index in [2.05, 4.69) is 58.2 Å². The quantitative estimate of drug-likeness (QED) is 0.297. The smallest absolute Gasteiger partial charge is 0.116 e. The summed E-state index contributed by atoms with van der Waals surface area (Å²) in [5.74, 6) is 0.777. The van der Waals surface area contributed by atoms with Crippen LogP contribution in [0.5, 0.6) is 5.75 Å². The summed E-state index contributed by atoms with van der Waals surface area (Å²) < 4.78 is 0. The number of phenols is 1. The first-order valence-corrected chi connectivity index (χ1v) is 12.2. The molecule has 3 N–H and O–H groups in total. The number of aromatic nitrogens is 3. The van der Waals surface area contributed by atoms with Crippen molar-refractivity contribution < 1.29 is 5.11 Å². The Labute approximate surface area is 198 Å². The minimum absolute atomic E-state index is 0.295. The Morgan fingerprint density at radius 2 is 1.91 bits per heavy atom. The molecule has 5 heteroatoms. The molecular weight excluding hydrogens is 420 g/mol. The SMILES string of the molecule is CC=C1CN2Cc3c([nH]c4ccccc34)CC2CC1Cc1nccc2c1[nH]c1ccc(O)cc12. The Morgan fingerprint density at radius 1 is 1.03 bits per heavy atom. The fourth-order valence-electron chi connectivity index (χ4n) is 6.37. The number of hydrogen-bond donors (Lipinski definition) is 3. The predicted octanol–water partition coefficient (Wildman–Crippen LogP) is 5.84. The Hall–Kier alpha value is -3.57. The number of nitrogens with one attached hydrogen (secondary N) is 2. The first-order chi connectivity index (χ1) is 16.7. The molecule has 0 spiro atoms. The highest BCUT2D eigenvalue weighted by atomic mass is 16.3. The fraction of sp³-hybridized carbons (Fsp3) is 0.276. The van der Waals surface area contributed by atoms with Crippen molar-refractivity contribution in [1.82, 2.24) is 19.9 Å². The zero-order chi connectivity index (χ0) is 22.8. The van der Waals surface area contributed by atoms with Crippen LogP contribution in [0.25, 0.3) is 32.7 Å². The van der Waals surface area contributed by atoms with Crippen LogP contribution in [0.4, 0.5) is 0 Å². The number of para-hydroxylation sites is 1. The summed E-state index contributed by atoms with van der Waals surface area (Å²) >= 11 is 0. The zero-order valence-corrected chi connectivity index (χ0v) is 19.3. The van der Waals surface area contributed by atoms with Crippen LogP contribution in [0, 0.1) is 5.92 Å². The minimum Gasteiger partial charge on any atom is -0.508 e. The largest absolute Gasteiger partial charge is 0.508 e.